The van der Waals surface area contributed by atoms with E-state index in [2.05, 4.69) is 34.6 Å². The molecule has 148 valence electrons. The van der Waals surface area contributed by atoms with Crippen LogP contribution >= 0.6 is 23.2 Å². The lowest BCUT2D eigenvalue weighted by atomic mass is 9.89. The van der Waals surface area contributed by atoms with Gasteiger partial charge < -0.3 is 4.43 Å². The first-order chi connectivity index (χ1) is 12.3. The van der Waals surface area contributed by atoms with Crippen molar-refractivity contribution < 1.29 is 4.43 Å². The van der Waals surface area contributed by atoms with E-state index in [9.17, 15) is 0 Å². The fraction of sp³-hybridized carbons (Fsp3) is 0.727. The second-order valence-electron chi connectivity index (χ2n) is 8.84. The highest BCUT2D eigenvalue weighted by atomic mass is 35.5. The second-order valence-corrected chi connectivity index (χ2v) is 14.4. The molecule has 0 heterocycles. The van der Waals surface area contributed by atoms with Crippen LogP contribution in [-0.4, -0.2) is 8.32 Å². The van der Waals surface area contributed by atoms with Crippen molar-refractivity contribution >= 4 is 31.5 Å². The molecule has 1 aromatic carbocycles. The molecular weight excluding hydrogens is 379 g/mol. The predicted octanol–water partition coefficient (Wildman–Crippen LogP) is 8.66. The molecule has 1 fully saturated rings. The van der Waals surface area contributed by atoms with Gasteiger partial charge in [-0.1, -0.05) is 63.9 Å². The lowest BCUT2D eigenvalue weighted by Crippen LogP contribution is -2.37. The molecule has 0 aliphatic heterocycles. The third-order valence-corrected chi connectivity index (χ3v) is 11.9. The summed E-state index contributed by atoms with van der Waals surface area (Å²) >= 11 is 13.1. The first-order valence-corrected chi connectivity index (χ1v) is 13.7. The van der Waals surface area contributed by atoms with Crippen molar-refractivity contribution in [3.8, 4) is 0 Å². The molecular formula is C22H36Cl2OSi. The van der Waals surface area contributed by atoms with E-state index < -0.39 is 8.32 Å². The molecule has 0 amide bonds. The van der Waals surface area contributed by atoms with Gasteiger partial charge in [-0.2, -0.15) is 0 Å². The zero-order valence-electron chi connectivity index (χ0n) is 17.2. The molecule has 0 aromatic heterocycles. The molecule has 1 aliphatic rings. The minimum Gasteiger partial charge on any atom is -0.410 e. The van der Waals surface area contributed by atoms with E-state index in [0.717, 1.165) is 46.1 Å². The van der Waals surface area contributed by atoms with Gasteiger partial charge in [0.05, 0.1) is 6.10 Å². The van der Waals surface area contributed by atoms with E-state index in [1.165, 1.54) is 25.7 Å². The van der Waals surface area contributed by atoms with E-state index in [0.29, 0.717) is 5.41 Å². The van der Waals surface area contributed by atoms with Gasteiger partial charge in [0, 0.05) is 15.6 Å². The molecule has 1 aromatic rings. The third kappa shape index (κ3) is 5.50. The van der Waals surface area contributed by atoms with Gasteiger partial charge in [0.15, 0.2) is 8.32 Å². The van der Waals surface area contributed by atoms with E-state index in [1.54, 1.807) is 0 Å². The molecule has 1 aliphatic carbocycles. The molecule has 1 nitrogen and oxygen atoms in total. The predicted molar refractivity (Wildman–Crippen MR) is 118 cm³/mol. The molecule has 4 heteroatoms. The average molecular weight is 416 g/mol. The summed E-state index contributed by atoms with van der Waals surface area (Å²) in [6, 6.07) is 9.27. The number of hydrogen-bond acceptors (Lipinski definition) is 1. The van der Waals surface area contributed by atoms with Gasteiger partial charge in [-0.3, -0.25) is 0 Å². The Morgan fingerprint density at radius 2 is 1.69 bits per heavy atom. The largest absolute Gasteiger partial charge is 0.410 e. The van der Waals surface area contributed by atoms with Crippen molar-refractivity contribution in [1.29, 1.82) is 0 Å². The van der Waals surface area contributed by atoms with E-state index in [1.807, 2.05) is 18.2 Å². The summed E-state index contributed by atoms with van der Waals surface area (Å²) in [6.07, 6.45) is 6.28. The van der Waals surface area contributed by atoms with Gasteiger partial charge in [0.2, 0.25) is 0 Å². The normalized spacial score (nSPS) is 21.1. The van der Waals surface area contributed by atoms with Crippen LogP contribution in [0.2, 0.25) is 28.2 Å². The third-order valence-electron chi connectivity index (χ3n) is 6.55. The quantitative estimate of drug-likeness (QED) is 0.367. The molecule has 0 radical (unpaired) electrons. The topological polar surface area (TPSA) is 9.23 Å². The number of rotatable bonds is 9. The fourth-order valence-electron chi connectivity index (χ4n) is 4.60. The van der Waals surface area contributed by atoms with Crippen molar-refractivity contribution in [1.82, 2.24) is 0 Å². The summed E-state index contributed by atoms with van der Waals surface area (Å²) in [5.41, 5.74) is 1.51. The molecule has 2 atom stereocenters. The lowest BCUT2D eigenvalue weighted by molar-refractivity contribution is 0.167. The summed E-state index contributed by atoms with van der Waals surface area (Å²) in [7, 11) is -1.73. The molecule has 0 N–H and O–H groups in total. The van der Waals surface area contributed by atoms with Gasteiger partial charge in [0.25, 0.3) is 0 Å². The van der Waals surface area contributed by atoms with Crippen LogP contribution in [0.25, 0.3) is 0 Å². The maximum atomic E-state index is 6.92. The molecule has 1 saturated carbocycles. The van der Waals surface area contributed by atoms with E-state index in [4.69, 9.17) is 27.6 Å². The SMILES string of the molecule is CC[Si](CC)(CC)OC(CC[C@H]1CCC(C)(C)C1)c1c(Cl)cccc1Cl. The highest BCUT2D eigenvalue weighted by Crippen LogP contribution is 2.45. The molecule has 26 heavy (non-hydrogen) atoms. The van der Waals surface area contributed by atoms with Crippen molar-refractivity contribution in [3.05, 3.63) is 33.8 Å². The monoisotopic (exact) mass is 414 g/mol. The summed E-state index contributed by atoms with van der Waals surface area (Å²) in [6.45, 7) is 11.6. The molecule has 0 spiro atoms. The zero-order valence-corrected chi connectivity index (χ0v) is 19.7. The Bertz CT molecular complexity index is 555. The number of halogens is 2. The minimum absolute atomic E-state index is 0.0337. The standard InChI is InChI=1S/C22H36Cl2OSi/c1-6-26(7-2,8-3)25-20(21-18(23)10-9-11-19(21)24)13-12-17-14-15-22(4,5)16-17/h9-11,17,20H,6-8,12-16H2,1-5H3/t17-,20?/m0/s1. The lowest BCUT2D eigenvalue weighted by Gasteiger charge is -2.34. The van der Waals surface area contributed by atoms with Gasteiger partial charge in [-0.15, -0.1) is 0 Å². The van der Waals surface area contributed by atoms with Gasteiger partial charge in [0.1, 0.15) is 0 Å². The molecule has 1 unspecified atom stereocenters. The van der Waals surface area contributed by atoms with E-state index in [-0.39, 0.29) is 6.10 Å². The van der Waals surface area contributed by atoms with Crippen LogP contribution in [0.1, 0.15) is 78.4 Å². The van der Waals surface area contributed by atoms with Gasteiger partial charge in [-0.05, 0) is 73.7 Å². The number of hydrogen-bond donors (Lipinski definition) is 0. The second kappa shape index (κ2) is 9.45. The highest BCUT2D eigenvalue weighted by molar-refractivity contribution is 6.73. The first-order valence-electron chi connectivity index (χ1n) is 10.4. The summed E-state index contributed by atoms with van der Waals surface area (Å²) < 4.78 is 6.92. The number of benzene rings is 1. The van der Waals surface area contributed by atoms with Crippen LogP contribution in [0.5, 0.6) is 0 Å². The Hall–Kier alpha value is -0.0231. The Kier molecular flexibility index (Phi) is 8.09. The van der Waals surface area contributed by atoms with Crippen LogP contribution in [0.15, 0.2) is 18.2 Å². The first kappa shape index (κ1) is 22.3. The summed E-state index contributed by atoms with van der Waals surface area (Å²) in [5.74, 6) is 0.804. The van der Waals surface area contributed by atoms with E-state index >= 15 is 0 Å². The smallest absolute Gasteiger partial charge is 0.192 e. The maximum Gasteiger partial charge on any atom is 0.192 e. The highest BCUT2D eigenvalue weighted by Gasteiger charge is 2.35. The van der Waals surface area contributed by atoms with Crippen molar-refractivity contribution in [3.63, 3.8) is 0 Å². The summed E-state index contributed by atoms with van der Waals surface area (Å²) in [5, 5.41) is 1.50. The van der Waals surface area contributed by atoms with Crippen molar-refractivity contribution in [2.75, 3.05) is 0 Å². The Labute approximate surface area is 171 Å². The van der Waals surface area contributed by atoms with Crippen molar-refractivity contribution in [2.24, 2.45) is 11.3 Å². The van der Waals surface area contributed by atoms with Crippen LogP contribution in [-0.2, 0) is 4.43 Å². The molecule has 0 saturated heterocycles. The average Bonchev–Trinajstić information content (AvgIpc) is 2.96. The maximum absolute atomic E-state index is 6.92. The van der Waals surface area contributed by atoms with Crippen LogP contribution in [0.3, 0.4) is 0 Å². The Morgan fingerprint density at radius 1 is 1.12 bits per heavy atom. The van der Waals surface area contributed by atoms with Crippen molar-refractivity contribution in [2.45, 2.75) is 91.0 Å². The summed E-state index contributed by atoms with van der Waals surface area (Å²) in [4.78, 5) is 0. The molecule has 2 rings (SSSR count). The molecule has 0 bridgehead atoms. The Balaban J connectivity index is 2.21. The zero-order chi connectivity index (χ0) is 19.4. The Morgan fingerprint density at radius 3 is 2.15 bits per heavy atom. The fourth-order valence-corrected chi connectivity index (χ4v) is 8.08. The minimum atomic E-state index is -1.73. The van der Waals surface area contributed by atoms with Crippen LogP contribution in [0, 0.1) is 11.3 Å². The van der Waals surface area contributed by atoms with Gasteiger partial charge >= 0.3 is 0 Å². The van der Waals surface area contributed by atoms with Crippen LogP contribution in [0.4, 0.5) is 0 Å². The van der Waals surface area contributed by atoms with Crippen LogP contribution < -0.4 is 0 Å². The van der Waals surface area contributed by atoms with Gasteiger partial charge in [-0.25, -0.2) is 0 Å².